The summed E-state index contributed by atoms with van der Waals surface area (Å²) in [4.78, 5) is 12.9. The van der Waals surface area contributed by atoms with Crippen LogP contribution in [0.25, 0.3) is 0 Å². The molecule has 28 heavy (non-hydrogen) atoms. The van der Waals surface area contributed by atoms with E-state index in [2.05, 4.69) is 0 Å². The minimum atomic E-state index is -3.82. The Morgan fingerprint density at radius 1 is 0.929 bits per heavy atom. The molecule has 0 radical (unpaired) electrons. The molecule has 0 spiro atoms. The number of methoxy groups -OCH3 is 1. The van der Waals surface area contributed by atoms with Gasteiger partial charge in [0.15, 0.2) is 15.6 Å². The van der Waals surface area contributed by atoms with Crippen molar-refractivity contribution in [2.75, 3.05) is 7.11 Å². The second-order valence-corrected chi connectivity index (χ2v) is 8.38. The van der Waals surface area contributed by atoms with Crippen LogP contribution in [0, 0.1) is 5.82 Å². The third kappa shape index (κ3) is 4.28. The van der Waals surface area contributed by atoms with E-state index in [1.807, 2.05) is 0 Å². The summed E-state index contributed by atoms with van der Waals surface area (Å²) in [5.41, 5.74) is 0.753. The van der Waals surface area contributed by atoms with Crippen LogP contribution in [-0.4, -0.2) is 21.3 Å². The number of benzene rings is 3. The lowest BCUT2D eigenvalue weighted by atomic mass is 10.0. The minimum absolute atomic E-state index is 0.141. The Labute approximate surface area is 163 Å². The van der Waals surface area contributed by atoms with Crippen molar-refractivity contribution in [1.29, 1.82) is 0 Å². The topological polar surface area (TPSA) is 60.4 Å². The first-order valence-electron chi connectivity index (χ1n) is 8.63. The Kier molecular flexibility index (Phi) is 5.90. The molecular formula is C22H19FO4S. The van der Waals surface area contributed by atoms with E-state index in [1.165, 1.54) is 43.5 Å². The Balaban J connectivity index is 2.01. The van der Waals surface area contributed by atoms with E-state index in [0.29, 0.717) is 11.3 Å². The maximum absolute atomic E-state index is 13.3. The highest BCUT2D eigenvalue weighted by atomic mass is 32.2. The summed E-state index contributed by atoms with van der Waals surface area (Å²) >= 11 is 0. The third-order valence-corrected chi connectivity index (χ3v) is 6.59. The van der Waals surface area contributed by atoms with Crippen molar-refractivity contribution in [1.82, 2.24) is 0 Å². The zero-order valence-corrected chi connectivity index (χ0v) is 16.0. The van der Waals surface area contributed by atoms with E-state index < -0.39 is 20.9 Å². The molecule has 0 saturated carbocycles. The number of ether oxygens (including phenoxy) is 1. The fraction of sp³-hybridized carbons (Fsp3) is 0.136. The smallest absolute Gasteiger partial charge is 0.185 e. The lowest BCUT2D eigenvalue weighted by Gasteiger charge is -2.18. The summed E-state index contributed by atoms with van der Waals surface area (Å²) in [5.74, 6) is -0.245. The van der Waals surface area contributed by atoms with Crippen LogP contribution < -0.4 is 4.74 Å². The highest BCUT2D eigenvalue weighted by Crippen LogP contribution is 2.33. The van der Waals surface area contributed by atoms with Crippen molar-refractivity contribution in [3.05, 3.63) is 95.8 Å². The van der Waals surface area contributed by atoms with Crippen molar-refractivity contribution < 1.29 is 22.3 Å². The molecule has 144 valence electrons. The number of halogens is 1. The molecule has 3 rings (SSSR count). The monoisotopic (exact) mass is 398 g/mol. The van der Waals surface area contributed by atoms with Gasteiger partial charge >= 0.3 is 0 Å². The molecule has 1 atom stereocenters. The highest BCUT2D eigenvalue weighted by Gasteiger charge is 2.31. The van der Waals surface area contributed by atoms with Crippen molar-refractivity contribution in [3.63, 3.8) is 0 Å². The molecule has 0 aliphatic rings. The van der Waals surface area contributed by atoms with Crippen LogP contribution in [0.1, 0.15) is 27.6 Å². The van der Waals surface area contributed by atoms with E-state index >= 15 is 0 Å². The summed E-state index contributed by atoms with van der Waals surface area (Å²) < 4.78 is 44.8. The van der Waals surface area contributed by atoms with E-state index in [9.17, 15) is 17.6 Å². The molecule has 3 aromatic carbocycles. The van der Waals surface area contributed by atoms with Gasteiger partial charge in [0.2, 0.25) is 0 Å². The summed E-state index contributed by atoms with van der Waals surface area (Å²) in [7, 11) is -2.30. The van der Waals surface area contributed by atoms with E-state index in [1.54, 1.807) is 42.5 Å². The van der Waals surface area contributed by atoms with Gasteiger partial charge in [0.25, 0.3) is 0 Å². The maximum atomic E-state index is 13.3. The predicted molar refractivity (Wildman–Crippen MR) is 105 cm³/mol. The van der Waals surface area contributed by atoms with Gasteiger partial charge in [0.05, 0.1) is 17.3 Å². The van der Waals surface area contributed by atoms with Crippen molar-refractivity contribution in [2.45, 2.75) is 16.6 Å². The van der Waals surface area contributed by atoms with Gasteiger partial charge in [-0.25, -0.2) is 12.8 Å². The molecular weight excluding hydrogens is 379 g/mol. The summed E-state index contributed by atoms with van der Waals surface area (Å²) in [6, 6.07) is 19.7. The summed E-state index contributed by atoms with van der Waals surface area (Å²) in [6.45, 7) is 0. The zero-order valence-electron chi connectivity index (χ0n) is 15.2. The van der Waals surface area contributed by atoms with Crippen LogP contribution in [0.2, 0.25) is 0 Å². The number of Topliss-reactive ketones (excluding diaryl/α,β-unsaturated/α-hetero) is 1. The van der Waals surface area contributed by atoms with Gasteiger partial charge in [0.1, 0.15) is 11.6 Å². The lowest BCUT2D eigenvalue weighted by molar-refractivity contribution is 0.0980. The number of carbonyl (C=O) groups is 1. The Morgan fingerprint density at radius 2 is 1.54 bits per heavy atom. The van der Waals surface area contributed by atoms with E-state index in [-0.39, 0.29) is 22.7 Å². The summed E-state index contributed by atoms with van der Waals surface area (Å²) in [5, 5.41) is -1.07. The Morgan fingerprint density at radius 3 is 2.11 bits per heavy atom. The van der Waals surface area contributed by atoms with Crippen molar-refractivity contribution in [3.8, 4) is 5.75 Å². The molecule has 6 heteroatoms. The van der Waals surface area contributed by atoms with E-state index in [4.69, 9.17) is 4.74 Å². The second-order valence-electron chi connectivity index (χ2n) is 6.25. The molecule has 0 saturated heterocycles. The predicted octanol–water partition coefficient (Wildman–Crippen LogP) is 4.62. The molecule has 0 unspecified atom stereocenters. The van der Waals surface area contributed by atoms with Gasteiger partial charge < -0.3 is 4.74 Å². The molecule has 0 aliphatic heterocycles. The average Bonchev–Trinajstić information content (AvgIpc) is 2.73. The average molecular weight is 398 g/mol. The first-order chi connectivity index (χ1) is 13.4. The number of hydrogen-bond donors (Lipinski definition) is 0. The van der Waals surface area contributed by atoms with Crippen molar-refractivity contribution >= 4 is 15.6 Å². The van der Waals surface area contributed by atoms with E-state index in [0.717, 1.165) is 0 Å². The fourth-order valence-corrected chi connectivity index (χ4v) is 4.67. The second kappa shape index (κ2) is 8.35. The number of sulfone groups is 1. The minimum Gasteiger partial charge on any atom is -0.497 e. The third-order valence-electron chi connectivity index (χ3n) is 4.47. The van der Waals surface area contributed by atoms with Gasteiger partial charge in [-0.15, -0.1) is 0 Å². The number of carbonyl (C=O) groups excluding carboxylic acids is 1. The number of ketones is 1. The van der Waals surface area contributed by atoms with Crippen LogP contribution in [0.4, 0.5) is 4.39 Å². The molecule has 4 nitrogen and oxygen atoms in total. The number of rotatable bonds is 7. The molecule has 0 amide bonds. The summed E-state index contributed by atoms with van der Waals surface area (Å²) in [6.07, 6.45) is -0.255. The van der Waals surface area contributed by atoms with Crippen LogP contribution in [-0.2, 0) is 9.84 Å². The first kappa shape index (κ1) is 19.8. The highest BCUT2D eigenvalue weighted by molar-refractivity contribution is 7.91. The molecule has 3 aromatic rings. The van der Waals surface area contributed by atoms with Crippen LogP contribution in [0.15, 0.2) is 83.8 Å². The Hall–Kier alpha value is -2.99. The van der Waals surface area contributed by atoms with Gasteiger partial charge in [-0.05, 0) is 54.1 Å². The van der Waals surface area contributed by atoms with Gasteiger partial charge in [-0.2, -0.15) is 0 Å². The largest absolute Gasteiger partial charge is 0.497 e. The van der Waals surface area contributed by atoms with Gasteiger partial charge in [0, 0.05) is 12.0 Å². The lowest BCUT2D eigenvalue weighted by Crippen LogP contribution is -2.18. The SMILES string of the molecule is COc1ccc([C@H](CC(=O)c2ccc(F)cc2)S(=O)(=O)c2ccccc2)cc1. The van der Waals surface area contributed by atoms with Crippen LogP contribution in [0.5, 0.6) is 5.75 Å². The molecule has 0 fully saturated rings. The molecule has 0 bridgehead atoms. The quantitative estimate of drug-likeness (QED) is 0.545. The van der Waals surface area contributed by atoms with Gasteiger partial charge in [-0.1, -0.05) is 30.3 Å². The molecule has 0 aromatic heterocycles. The number of hydrogen-bond acceptors (Lipinski definition) is 4. The van der Waals surface area contributed by atoms with Gasteiger partial charge in [-0.3, -0.25) is 4.79 Å². The molecule has 0 heterocycles. The normalized spacial score (nSPS) is 12.4. The maximum Gasteiger partial charge on any atom is 0.185 e. The fourth-order valence-electron chi connectivity index (χ4n) is 2.92. The molecule has 0 N–H and O–H groups in total. The van der Waals surface area contributed by atoms with Crippen molar-refractivity contribution in [2.24, 2.45) is 0 Å². The first-order valence-corrected chi connectivity index (χ1v) is 10.2. The van der Waals surface area contributed by atoms with Crippen LogP contribution in [0.3, 0.4) is 0 Å². The van der Waals surface area contributed by atoms with Crippen LogP contribution >= 0.6 is 0 Å². The zero-order chi connectivity index (χ0) is 20.1. The Bertz CT molecular complexity index is 1040. The standard InChI is InChI=1S/C22H19FO4S/c1-27-19-13-9-17(10-14-19)22(28(25,26)20-5-3-2-4-6-20)15-21(24)16-7-11-18(23)12-8-16/h2-14,22H,15H2,1H3/t22-/m0/s1. The molecule has 0 aliphatic carbocycles.